The van der Waals surface area contributed by atoms with Crippen molar-refractivity contribution in [1.82, 2.24) is 24.9 Å². The maximum absolute atomic E-state index is 13.0. The van der Waals surface area contributed by atoms with E-state index >= 15 is 0 Å². The second-order valence-corrected chi connectivity index (χ2v) is 7.13. The summed E-state index contributed by atoms with van der Waals surface area (Å²) in [6, 6.07) is -0.969. The van der Waals surface area contributed by atoms with Gasteiger partial charge in [0, 0.05) is 37.8 Å². The third-order valence-corrected chi connectivity index (χ3v) is 4.50. The van der Waals surface area contributed by atoms with Crippen molar-refractivity contribution in [2.75, 3.05) is 10.6 Å². The van der Waals surface area contributed by atoms with Crippen LogP contribution in [0.1, 0.15) is 25.7 Å². The first-order chi connectivity index (χ1) is 12.7. The Morgan fingerprint density at radius 1 is 0.815 bits per heavy atom. The molecule has 2 aliphatic carbocycles. The zero-order valence-electron chi connectivity index (χ0n) is 13.8. The number of alkyl halides is 4. The zero-order valence-corrected chi connectivity index (χ0v) is 14.5. The molecule has 4 rings (SSSR count). The van der Waals surface area contributed by atoms with E-state index in [1.807, 2.05) is 0 Å². The average Bonchev–Trinajstić information content (AvgIpc) is 2.51. The van der Waals surface area contributed by atoms with Gasteiger partial charge in [-0.25, -0.2) is 22.5 Å². The van der Waals surface area contributed by atoms with Gasteiger partial charge in [0.05, 0.1) is 12.4 Å². The summed E-state index contributed by atoms with van der Waals surface area (Å²) < 4.78 is 52.2. The Balaban J connectivity index is 1.58. The molecule has 0 amide bonds. The Hall–Kier alpha value is -2.30. The van der Waals surface area contributed by atoms with E-state index in [1.165, 1.54) is 12.4 Å². The van der Waals surface area contributed by atoms with Crippen LogP contribution in [-0.4, -0.2) is 48.8 Å². The molecule has 27 heavy (non-hydrogen) atoms. The van der Waals surface area contributed by atoms with E-state index in [-0.39, 0.29) is 54.3 Å². The minimum atomic E-state index is -2.70. The van der Waals surface area contributed by atoms with Crippen LogP contribution in [0.5, 0.6) is 0 Å². The normalized spacial score (nSPS) is 21.2. The van der Waals surface area contributed by atoms with Crippen LogP contribution in [0, 0.1) is 0 Å². The van der Waals surface area contributed by atoms with Gasteiger partial charge in [-0.2, -0.15) is 15.0 Å². The maximum atomic E-state index is 13.0. The summed E-state index contributed by atoms with van der Waals surface area (Å²) >= 11 is 5.83. The molecule has 0 atom stereocenters. The number of rotatable bonds is 5. The maximum Gasteiger partial charge on any atom is 0.252 e. The fraction of sp³-hybridized carbons (Fsp3) is 0.533. The van der Waals surface area contributed by atoms with Gasteiger partial charge in [0.1, 0.15) is 10.8 Å². The molecule has 0 aromatic carbocycles. The number of nitrogens with one attached hydrogen (secondary N) is 2. The lowest BCUT2D eigenvalue weighted by Crippen LogP contribution is -2.45. The first kappa shape index (κ1) is 18.1. The van der Waals surface area contributed by atoms with Gasteiger partial charge in [-0.15, -0.1) is 0 Å². The van der Waals surface area contributed by atoms with Gasteiger partial charge in [0.25, 0.3) is 11.8 Å². The average molecular weight is 404 g/mol. The van der Waals surface area contributed by atoms with Crippen LogP contribution in [0.2, 0.25) is 5.15 Å². The second kappa shape index (κ2) is 6.39. The Labute approximate surface area is 156 Å². The summed E-state index contributed by atoms with van der Waals surface area (Å²) in [6.07, 6.45) is 1.39. The smallest absolute Gasteiger partial charge is 0.252 e. The van der Waals surface area contributed by atoms with Crippen LogP contribution in [0.4, 0.5) is 29.5 Å². The first-order valence-corrected chi connectivity index (χ1v) is 8.58. The van der Waals surface area contributed by atoms with Crippen LogP contribution in [-0.2, 0) is 0 Å². The molecular weight excluding hydrogens is 390 g/mol. The van der Waals surface area contributed by atoms with Crippen LogP contribution < -0.4 is 10.6 Å². The molecule has 0 radical (unpaired) electrons. The molecule has 2 aliphatic rings. The van der Waals surface area contributed by atoms with Crippen LogP contribution >= 0.6 is 11.6 Å². The van der Waals surface area contributed by atoms with E-state index in [2.05, 4.69) is 35.6 Å². The van der Waals surface area contributed by atoms with E-state index in [1.54, 1.807) is 0 Å². The molecule has 12 heteroatoms. The fourth-order valence-corrected chi connectivity index (χ4v) is 3.11. The number of anilines is 2. The lowest BCUT2D eigenvalue weighted by atomic mass is 9.88. The lowest BCUT2D eigenvalue weighted by Gasteiger charge is -2.36. The van der Waals surface area contributed by atoms with Crippen molar-refractivity contribution in [2.24, 2.45) is 0 Å². The molecule has 0 spiro atoms. The van der Waals surface area contributed by atoms with E-state index < -0.39 is 23.9 Å². The van der Waals surface area contributed by atoms with Crippen molar-refractivity contribution in [3.05, 3.63) is 17.5 Å². The van der Waals surface area contributed by atoms with E-state index in [4.69, 9.17) is 11.6 Å². The molecule has 2 aromatic heterocycles. The monoisotopic (exact) mass is 403 g/mol. The SMILES string of the molecule is FC1(F)CC(Nc2nc(NC3CC(F)(F)C3)nc(-c3cncc(Cl)n3)n2)C1. The largest absolute Gasteiger partial charge is 0.351 e. The molecule has 0 aliphatic heterocycles. The minimum absolute atomic E-state index is 0.0517. The molecule has 2 heterocycles. The van der Waals surface area contributed by atoms with Crippen molar-refractivity contribution in [3.63, 3.8) is 0 Å². The van der Waals surface area contributed by atoms with E-state index in [9.17, 15) is 17.6 Å². The Morgan fingerprint density at radius 2 is 1.33 bits per heavy atom. The van der Waals surface area contributed by atoms with Crippen molar-refractivity contribution in [3.8, 4) is 11.5 Å². The minimum Gasteiger partial charge on any atom is -0.351 e. The molecule has 2 aromatic rings. The number of aromatic nitrogens is 5. The van der Waals surface area contributed by atoms with Gasteiger partial charge in [-0.3, -0.25) is 4.98 Å². The van der Waals surface area contributed by atoms with Crippen LogP contribution in [0.3, 0.4) is 0 Å². The molecule has 0 unspecified atom stereocenters. The highest BCUT2D eigenvalue weighted by Gasteiger charge is 2.46. The summed E-state index contributed by atoms with van der Waals surface area (Å²) in [4.78, 5) is 20.4. The summed E-state index contributed by atoms with van der Waals surface area (Å²) in [5.74, 6) is -5.20. The quantitative estimate of drug-likeness (QED) is 0.739. The van der Waals surface area contributed by atoms with E-state index in [0.717, 1.165) is 0 Å². The lowest BCUT2D eigenvalue weighted by molar-refractivity contribution is -0.0799. The Kier molecular flexibility index (Phi) is 4.28. The summed E-state index contributed by atoms with van der Waals surface area (Å²) in [6.45, 7) is 0. The van der Waals surface area contributed by atoms with Crippen LogP contribution in [0.15, 0.2) is 12.4 Å². The third kappa shape index (κ3) is 4.18. The van der Waals surface area contributed by atoms with Gasteiger partial charge >= 0.3 is 0 Å². The van der Waals surface area contributed by atoms with Crippen molar-refractivity contribution < 1.29 is 17.6 Å². The molecule has 2 fully saturated rings. The van der Waals surface area contributed by atoms with Crippen molar-refractivity contribution >= 4 is 23.5 Å². The highest BCUT2D eigenvalue weighted by Crippen LogP contribution is 2.40. The van der Waals surface area contributed by atoms with E-state index in [0.29, 0.717) is 0 Å². The molecule has 7 nitrogen and oxygen atoms in total. The molecular formula is C15H14ClF4N7. The van der Waals surface area contributed by atoms with Gasteiger partial charge in [-0.05, 0) is 0 Å². The Morgan fingerprint density at radius 3 is 1.78 bits per heavy atom. The highest BCUT2D eigenvalue weighted by atomic mass is 35.5. The van der Waals surface area contributed by atoms with Crippen LogP contribution in [0.25, 0.3) is 11.5 Å². The van der Waals surface area contributed by atoms with Crippen molar-refractivity contribution in [1.29, 1.82) is 0 Å². The zero-order chi connectivity index (χ0) is 19.2. The summed E-state index contributed by atoms with van der Waals surface area (Å²) in [5, 5.41) is 5.75. The van der Waals surface area contributed by atoms with Gasteiger partial charge in [0.15, 0.2) is 5.82 Å². The first-order valence-electron chi connectivity index (χ1n) is 8.20. The number of halogens is 5. The fourth-order valence-electron chi connectivity index (χ4n) is 2.96. The highest BCUT2D eigenvalue weighted by molar-refractivity contribution is 6.29. The molecule has 2 saturated carbocycles. The molecule has 2 N–H and O–H groups in total. The molecule has 144 valence electrons. The number of nitrogens with zero attached hydrogens (tertiary/aromatic N) is 5. The standard InChI is InChI=1S/C15H14ClF4N7/c16-10-6-21-5-9(24-10)11-25-12(22-7-1-14(17,18)2-7)27-13(26-11)23-8-3-15(19,20)4-8/h5-8H,1-4H2,(H2,22,23,25,26,27). The predicted octanol–water partition coefficient (Wildman–Crippen LogP) is 3.40. The van der Waals surface area contributed by atoms with Crippen molar-refractivity contribution in [2.45, 2.75) is 49.6 Å². The number of hydrogen-bond acceptors (Lipinski definition) is 7. The van der Waals surface area contributed by atoms with Gasteiger partial charge in [0.2, 0.25) is 11.9 Å². The second-order valence-electron chi connectivity index (χ2n) is 6.74. The number of hydrogen-bond donors (Lipinski definition) is 2. The van der Waals surface area contributed by atoms with Gasteiger partial charge in [-0.1, -0.05) is 11.6 Å². The Bertz CT molecular complexity index is 806. The third-order valence-electron chi connectivity index (χ3n) is 4.32. The molecule has 0 bridgehead atoms. The predicted molar refractivity (Wildman–Crippen MR) is 89.0 cm³/mol. The summed E-state index contributed by atoms with van der Waals surface area (Å²) in [7, 11) is 0. The summed E-state index contributed by atoms with van der Waals surface area (Å²) in [5.41, 5.74) is 0.244. The van der Waals surface area contributed by atoms with Gasteiger partial charge < -0.3 is 10.6 Å². The molecule has 0 saturated heterocycles. The topological polar surface area (TPSA) is 88.5 Å².